The smallest absolute Gasteiger partial charge is 0.226 e. The summed E-state index contributed by atoms with van der Waals surface area (Å²) in [6, 6.07) is 0. The molecule has 128 valence electrons. The molecule has 0 aromatic carbocycles. The molecule has 0 radical (unpaired) electrons. The highest BCUT2D eigenvalue weighted by atomic mass is 16.3. The van der Waals surface area contributed by atoms with E-state index in [1.807, 2.05) is 0 Å². The maximum absolute atomic E-state index is 12.5. The van der Waals surface area contributed by atoms with Crippen LogP contribution in [0.25, 0.3) is 0 Å². The standard InChI is InChI=1S/C18H34N2O2/c1-14-8-10-20(11-9-14)13-16(21)12-19-17(22)18(2,3)15-6-4-5-7-15/h14-16,21H,4-13H2,1-3H3,(H,19,22). The zero-order valence-corrected chi connectivity index (χ0v) is 14.6. The predicted molar refractivity (Wildman–Crippen MR) is 89.6 cm³/mol. The van der Waals surface area contributed by atoms with Crippen LogP contribution < -0.4 is 5.32 Å². The average molecular weight is 310 g/mol. The Kier molecular flexibility index (Phi) is 6.27. The van der Waals surface area contributed by atoms with E-state index in [4.69, 9.17) is 0 Å². The molecule has 4 heteroatoms. The van der Waals surface area contributed by atoms with Gasteiger partial charge in [-0.05, 0) is 50.6 Å². The first-order chi connectivity index (χ1) is 10.4. The summed E-state index contributed by atoms with van der Waals surface area (Å²) in [5, 5.41) is 13.2. The molecule has 0 aromatic heterocycles. The van der Waals surface area contributed by atoms with Gasteiger partial charge in [0.2, 0.25) is 5.91 Å². The van der Waals surface area contributed by atoms with E-state index < -0.39 is 6.10 Å². The normalized spacial score (nSPS) is 23.6. The summed E-state index contributed by atoms with van der Waals surface area (Å²) < 4.78 is 0. The summed E-state index contributed by atoms with van der Waals surface area (Å²) in [5.74, 6) is 1.40. The molecule has 2 aliphatic rings. The van der Waals surface area contributed by atoms with Gasteiger partial charge in [-0.1, -0.05) is 33.6 Å². The van der Waals surface area contributed by atoms with Gasteiger partial charge in [0.25, 0.3) is 0 Å². The lowest BCUT2D eigenvalue weighted by molar-refractivity contribution is -0.132. The number of nitrogens with one attached hydrogen (secondary N) is 1. The van der Waals surface area contributed by atoms with Crippen molar-refractivity contribution in [3.05, 3.63) is 0 Å². The second kappa shape index (κ2) is 7.78. The van der Waals surface area contributed by atoms with Crippen molar-refractivity contribution in [1.82, 2.24) is 10.2 Å². The lowest BCUT2D eigenvalue weighted by Crippen LogP contribution is -2.47. The number of hydrogen-bond acceptors (Lipinski definition) is 3. The molecule has 2 N–H and O–H groups in total. The van der Waals surface area contributed by atoms with Gasteiger partial charge in [-0.25, -0.2) is 0 Å². The van der Waals surface area contributed by atoms with Gasteiger partial charge < -0.3 is 15.3 Å². The topological polar surface area (TPSA) is 52.6 Å². The number of piperidine rings is 1. The van der Waals surface area contributed by atoms with Crippen molar-refractivity contribution in [1.29, 1.82) is 0 Å². The SMILES string of the molecule is CC1CCN(CC(O)CNC(=O)C(C)(C)C2CCCC2)CC1. The number of rotatable bonds is 6. The first kappa shape index (κ1) is 17.7. The van der Waals surface area contributed by atoms with Gasteiger partial charge in [0.15, 0.2) is 0 Å². The Morgan fingerprint density at radius 3 is 2.41 bits per heavy atom. The molecular weight excluding hydrogens is 276 g/mol. The van der Waals surface area contributed by atoms with Gasteiger partial charge >= 0.3 is 0 Å². The van der Waals surface area contributed by atoms with Gasteiger partial charge in [0, 0.05) is 18.5 Å². The van der Waals surface area contributed by atoms with Crippen molar-refractivity contribution < 1.29 is 9.90 Å². The first-order valence-electron chi connectivity index (χ1n) is 9.08. The highest BCUT2D eigenvalue weighted by Crippen LogP contribution is 2.39. The highest BCUT2D eigenvalue weighted by molar-refractivity contribution is 5.82. The van der Waals surface area contributed by atoms with Crippen molar-refractivity contribution in [3.63, 3.8) is 0 Å². The number of β-amino-alcohol motifs (C(OH)–C–C–N with tert-alkyl or cyclic N) is 1. The van der Waals surface area contributed by atoms with Crippen LogP contribution in [0.2, 0.25) is 0 Å². The van der Waals surface area contributed by atoms with Gasteiger partial charge in [-0.3, -0.25) is 4.79 Å². The first-order valence-corrected chi connectivity index (χ1v) is 9.08. The summed E-state index contributed by atoms with van der Waals surface area (Å²) in [6.45, 7) is 9.59. The van der Waals surface area contributed by atoms with Gasteiger partial charge in [0.05, 0.1) is 6.10 Å². The lowest BCUT2D eigenvalue weighted by atomic mass is 9.77. The Morgan fingerprint density at radius 1 is 1.23 bits per heavy atom. The molecule has 1 aliphatic heterocycles. The summed E-state index contributed by atoms with van der Waals surface area (Å²) in [4.78, 5) is 14.8. The fraction of sp³-hybridized carbons (Fsp3) is 0.944. The molecule has 0 bridgehead atoms. The largest absolute Gasteiger partial charge is 0.390 e. The van der Waals surface area contributed by atoms with E-state index in [0.717, 1.165) is 31.8 Å². The van der Waals surface area contributed by atoms with E-state index in [9.17, 15) is 9.90 Å². The molecule has 1 atom stereocenters. The lowest BCUT2D eigenvalue weighted by Gasteiger charge is -2.33. The van der Waals surface area contributed by atoms with Crippen LogP contribution in [0.15, 0.2) is 0 Å². The van der Waals surface area contributed by atoms with E-state index >= 15 is 0 Å². The summed E-state index contributed by atoms with van der Waals surface area (Å²) >= 11 is 0. The number of nitrogens with zero attached hydrogens (tertiary/aromatic N) is 1. The van der Waals surface area contributed by atoms with Crippen LogP contribution in [0.1, 0.15) is 59.3 Å². The Labute approximate surface area is 135 Å². The van der Waals surface area contributed by atoms with Crippen molar-refractivity contribution in [2.24, 2.45) is 17.3 Å². The molecule has 1 unspecified atom stereocenters. The Balaban J connectivity index is 1.71. The highest BCUT2D eigenvalue weighted by Gasteiger charge is 2.38. The van der Waals surface area contributed by atoms with Gasteiger partial charge in [0.1, 0.15) is 0 Å². The molecule has 2 rings (SSSR count). The van der Waals surface area contributed by atoms with Crippen molar-refractivity contribution in [2.45, 2.75) is 65.4 Å². The van der Waals surface area contributed by atoms with Crippen molar-refractivity contribution in [2.75, 3.05) is 26.2 Å². The Hall–Kier alpha value is -0.610. The van der Waals surface area contributed by atoms with Crippen molar-refractivity contribution >= 4 is 5.91 Å². The molecule has 1 aliphatic carbocycles. The van der Waals surface area contributed by atoms with E-state index in [1.54, 1.807) is 0 Å². The molecule has 4 nitrogen and oxygen atoms in total. The number of hydrogen-bond donors (Lipinski definition) is 2. The van der Waals surface area contributed by atoms with E-state index in [-0.39, 0.29) is 11.3 Å². The van der Waals surface area contributed by atoms with Crippen LogP contribution in [0, 0.1) is 17.3 Å². The number of aliphatic hydroxyl groups is 1. The summed E-state index contributed by atoms with van der Waals surface area (Å²) in [5.41, 5.74) is -0.309. The fourth-order valence-electron chi connectivity index (χ4n) is 3.88. The third-order valence-electron chi connectivity index (χ3n) is 5.80. The van der Waals surface area contributed by atoms with Crippen LogP contribution in [-0.4, -0.2) is 48.2 Å². The second-order valence-electron chi connectivity index (χ2n) is 8.05. The number of aliphatic hydroxyl groups excluding tert-OH is 1. The maximum Gasteiger partial charge on any atom is 0.226 e. The van der Waals surface area contributed by atoms with Crippen molar-refractivity contribution in [3.8, 4) is 0 Å². The molecule has 0 aromatic rings. The van der Waals surface area contributed by atoms with Gasteiger partial charge in [-0.2, -0.15) is 0 Å². The third-order valence-corrected chi connectivity index (χ3v) is 5.80. The van der Waals surface area contributed by atoms with Crippen LogP contribution in [0.4, 0.5) is 0 Å². The van der Waals surface area contributed by atoms with Crippen LogP contribution in [-0.2, 0) is 4.79 Å². The Bertz CT molecular complexity index is 356. The minimum atomic E-state index is -0.461. The molecule has 1 amide bonds. The molecule has 1 saturated carbocycles. The maximum atomic E-state index is 12.5. The van der Waals surface area contributed by atoms with E-state index in [0.29, 0.717) is 19.0 Å². The van der Waals surface area contributed by atoms with Crippen LogP contribution in [0.3, 0.4) is 0 Å². The van der Waals surface area contributed by atoms with E-state index in [1.165, 1.54) is 25.7 Å². The Morgan fingerprint density at radius 2 is 1.82 bits per heavy atom. The van der Waals surface area contributed by atoms with Crippen LogP contribution in [0.5, 0.6) is 0 Å². The minimum absolute atomic E-state index is 0.103. The molecule has 1 heterocycles. The molecular formula is C18H34N2O2. The zero-order valence-electron chi connectivity index (χ0n) is 14.6. The fourth-order valence-corrected chi connectivity index (χ4v) is 3.88. The number of amides is 1. The molecule has 22 heavy (non-hydrogen) atoms. The summed E-state index contributed by atoms with van der Waals surface area (Å²) in [7, 11) is 0. The third kappa shape index (κ3) is 4.69. The summed E-state index contributed by atoms with van der Waals surface area (Å²) in [6.07, 6.45) is 6.79. The molecule has 0 spiro atoms. The number of carbonyl (C=O) groups excluding carboxylic acids is 1. The number of likely N-dealkylation sites (tertiary alicyclic amines) is 1. The average Bonchev–Trinajstić information content (AvgIpc) is 3.02. The monoisotopic (exact) mass is 310 g/mol. The number of carbonyl (C=O) groups is 1. The minimum Gasteiger partial charge on any atom is -0.390 e. The molecule has 2 fully saturated rings. The second-order valence-corrected chi connectivity index (χ2v) is 8.05. The van der Waals surface area contributed by atoms with Gasteiger partial charge in [-0.15, -0.1) is 0 Å². The van der Waals surface area contributed by atoms with E-state index in [2.05, 4.69) is 31.0 Å². The molecule has 1 saturated heterocycles. The van der Waals surface area contributed by atoms with Crippen LogP contribution >= 0.6 is 0 Å². The zero-order chi connectivity index (χ0) is 16.2. The predicted octanol–water partition coefficient (Wildman–Crippen LogP) is 2.41. The quantitative estimate of drug-likeness (QED) is 0.792.